The second-order valence-corrected chi connectivity index (χ2v) is 8.46. The van der Waals surface area contributed by atoms with Crippen LogP contribution in [0.1, 0.15) is 16.7 Å². The number of nitrogens with zero attached hydrogens (tertiary/aromatic N) is 4. The molecular formula is C24H25N5O2S. The van der Waals surface area contributed by atoms with Gasteiger partial charge in [0.25, 0.3) is 0 Å². The summed E-state index contributed by atoms with van der Waals surface area (Å²) < 4.78 is 9.19. The molecule has 2 aromatic heterocycles. The van der Waals surface area contributed by atoms with Gasteiger partial charge in [-0.25, -0.2) is 0 Å². The van der Waals surface area contributed by atoms with E-state index in [2.05, 4.69) is 34.6 Å². The summed E-state index contributed by atoms with van der Waals surface area (Å²) in [7, 11) is 1.63. The van der Waals surface area contributed by atoms with Crippen LogP contribution in [-0.4, -0.2) is 38.1 Å². The summed E-state index contributed by atoms with van der Waals surface area (Å²) in [6, 6.07) is 15.7. The van der Waals surface area contributed by atoms with Gasteiger partial charge in [-0.2, -0.15) is 0 Å². The maximum absolute atomic E-state index is 12.7. The van der Waals surface area contributed by atoms with Crippen molar-refractivity contribution in [1.29, 1.82) is 0 Å². The van der Waals surface area contributed by atoms with Crippen LogP contribution in [0.15, 0.2) is 66.1 Å². The number of hydrogen-bond acceptors (Lipinski definition) is 5. The van der Waals surface area contributed by atoms with E-state index in [9.17, 15) is 4.79 Å². The van der Waals surface area contributed by atoms with Gasteiger partial charge in [-0.1, -0.05) is 35.5 Å². The first kappa shape index (κ1) is 21.7. The van der Waals surface area contributed by atoms with Gasteiger partial charge in [0, 0.05) is 24.1 Å². The Morgan fingerprint density at radius 1 is 1.03 bits per heavy atom. The molecule has 2 aromatic carbocycles. The molecule has 0 unspecified atom stereocenters. The Hall–Kier alpha value is -3.52. The number of aryl methyl sites for hydroxylation is 3. The second-order valence-electron chi connectivity index (χ2n) is 7.52. The van der Waals surface area contributed by atoms with Crippen LogP contribution < -0.4 is 10.1 Å². The summed E-state index contributed by atoms with van der Waals surface area (Å²) in [4.78, 5) is 12.7. The SMILES string of the molecule is COc1cccc(-n2c(SCC(=O)Nc3c(C)cc(C)cc3C)nnc2-n2cccc2)c1. The van der Waals surface area contributed by atoms with Crippen molar-refractivity contribution in [2.45, 2.75) is 25.9 Å². The average molecular weight is 448 g/mol. The Morgan fingerprint density at radius 3 is 2.44 bits per heavy atom. The van der Waals surface area contributed by atoms with Gasteiger partial charge in [-0.05, 0) is 56.2 Å². The van der Waals surface area contributed by atoms with Crippen LogP contribution >= 0.6 is 11.8 Å². The number of anilines is 1. The van der Waals surface area contributed by atoms with Crippen LogP contribution in [0, 0.1) is 20.8 Å². The molecule has 0 aliphatic rings. The molecule has 4 rings (SSSR count). The third kappa shape index (κ3) is 4.55. The lowest BCUT2D eigenvalue weighted by Gasteiger charge is -2.13. The summed E-state index contributed by atoms with van der Waals surface area (Å²) in [6.45, 7) is 6.06. The van der Waals surface area contributed by atoms with Crippen molar-refractivity contribution < 1.29 is 9.53 Å². The molecule has 1 N–H and O–H groups in total. The third-order valence-electron chi connectivity index (χ3n) is 5.04. The number of benzene rings is 2. The standard InChI is InChI=1S/C24H25N5O2S/c1-16-12-17(2)22(18(3)13-16)25-21(30)15-32-24-27-26-23(28-10-5-6-11-28)29(24)19-8-7-9-20(14-19)31-4/h5-14H,15H2,1-4H3,(H,25,30). The van der Waals surface area contributed by atoms with Gasteiger partial charge in [-0.15, -0.1) is 10.2 Å². The highest BCUT2D eigenvalue weighted by molar-refractivity contribution is 7.99. The number of hydrogen-bond donors (Lipinski definition) is 1. The molecule has 0 radical (unpaired) electrons. The molecule has 0 aliphatic carbocycles. The number of ether oxygens (including phenoxy) is 1. The maximum Gasteiger partial charge on any atom is 0.240 e. The van der Waals surface area contributed by atoms with Crippen molar-refractivity contribution in [2.75, 3.05) is 18.2 Å². The zero-order valence-corrected chi connectivity index (χ0v) is 19.3. The van der Waals surface area contributed by atoms with Crippen LogP contribution in [0.25, 0.3) is 11.6 Å². The van der Waals surface area contributed by atoms with E-state index in [1.807, 2.05) is 71.8 Å². The van der Waals surface area contributed by atoms with Gasteiger partial charge in [0.15, 0.2) is 5.16 Å². The Labute approximate surface area is 191 Å². The summed E-state index contributed by atoms with van der Waals surface area (Å²) >= 11 is 1.34. The number of carbonyl (C=O) groups is 1. The van der Waals surface area contributed by atoms with Crippen LogP contribution in [0.2, 0.25) is 0 Å². The fourth-order valence-corrected chi connectivity index (χ4v) is 4.40. The summed E-state index contributed by atoms with van der Waals surface area (Å²) in [5.74, 6) is 1.48. The van der Waals surface area contributed by atoms with Gasteiger partial charge in [0.2, 0.25) is 11.9 Å². The number of methoxy groups -OCH3 is 1. The normalized spacial score (nSPS) is 10.9. The summed E-state index contributed by atoms with van der Waals surface area (Å²) in [5, 5.41) is 12.4. The molecule has 0 aliphatic heterocycles. The molecule has 1 amide bonds. The average Bonchev–Trinajstić information content (AvgIpc) is 3.44. The molecule has 0 saturated heterocycles. The minimum absolute atomic E-state index is 0.0900. The number of rotatable bonds is 7. The first-order valence-corrected chi connectivity index (χ1v) is 11.2. The van der Waals surface area contributed by atoms with E-state index in [1.165, 1.54) is 17.3 Å². The van der Waals surface area contributed by atoms with Crippen molar-refractivity contribution >= 4 is 23.4 Å². The highest BCUT2D eigenvalue weighted by Gasteiger charge is 2.18. The molecule has 0 fully saturated rings. The predicted molar refractivity (Wildman–Crippen MR) is 127 cm³/mol. The number of carbonyl (C=O) groups excluding carboxylic acids is 1. The molecule has 0 saturated carbocycles. The second kappa shape index (κ2) is 9.32. The van der Waals surface area contributed by atoms with E-state index < -0.39 is 0 Å². The van der Waals surface area contributed by atoms with E-state index >= 15 is 0 Å². The van der Waals surface area contributed by atoms with Crippen LogP contribution in [-0.2, 0) is 4.79 Å². The Bertz CT molecular complexity index is 1220. The van der Waals surface area contributed by atoms with Gasteiger partial charge in [-0.3, -0.25) is 13.9 Å². The largest absolute Gasteiger partial charge is 0.497 e. The van der Waals surface area contributed by atoms with E-state index in [1.54, 1.807) is 7.11 Å². The first-order chi connectivity index (χ1) is 15.5. The summed E-state index contributed by atoms with van der Waals surface area (Å²) in [5.41, 5.74) is 5.00. The highest BCUT2D eigenvalue weighted by atomic mass is 32.2. The molecule has 2 heterocycles. The van der Waals surface area contributed by atoms with E-state index in [0.717, 1.165) is 28.3 Å². The Kier molecular flexibility index (Phi) is 6.32. The van der Waals surface area contributed by atoms with Crippen LogP contribution in [0.3, 0.4) is 0 Å². The smallest absolute Gasteiger partial charge is 0.240 e. The maximum atomic E-state index is 12.7. The fourth-order valence-electron chi connectivity index (χ4n) is 3.65. The van der Waals surface area contributed by atoms with Crippen molar-refractivity contribution in [1.82, 2.24) is 19.3 Å². The Balaban J connectivity index is 1.59. The summed E-state index contributed by atoms with van der Waals surface area (Å²) in [6.07, 6.45) is 3.82. The third-order valence-corrected chi connectivity index (χ3v) is 5.97. The highest BCUT2D eigenvalue weighted by Crippen LogP contribution is 2.27. The number of amides is 1. The van der Waals surface area contributed by atoms with Gasteiger partial charge < -0.3 is 10.1 Å². The van der Waals surface area contributed by atoms with Crippen molar-refractivity contribution in [3.05, 3.63) is 77.6 Å². The molecule has 164 valence electrons. The molecular weight excluding hydrogens is 422 g/mol. The van der Waals surface area contributed by atoms with Crippen molar-refractivity contribution in [2.24, 2.45) is 0 Å². The lowest BCUT2D eigenvalue weighted by Crippen LogP contribution is -2.16. The first-order valence-electron chi connectivity index (χ1n) is 10.2. The van der Waals surface area contributed by atoms with E-state index in [0.29, 0.717) is 11.1 Å². The lowest BCUT2D eigenvalue weighted by atomic mass is 10.1. The van der Waals surface area contributed by atoms with Gasteiger partial charge in [0.1, 0.15) is 5.75 Å². The number of aromatic nitrogens is 4. The molecule has 4 aromatic rings. The predicted octanol–water partition coefficient (Wildman–Crippen LogP) is 4.72. The molecule has 0 spiro atoms. The molecule has 32 heavy (non-hydrogen) atoms. The number of nitrogens with one attached hydrogen (secondary N) is 1. The topological polar surface area (TPSA) is 74.0 Å². The minimum atomic E-state index is -0.0900. The van der Waals surface area contributed by atoms with Crippen LogP contribution in [0.4, 0.5) is 5.69 Å². The fraction of sp³-hybridized carbons (Fsp3) is 0.208. The molecule has 0 bridgehead atoms. The zero-order chi connectivity index (χ0) is 22.7. The zero-order valence-electron chi connectivity index (χ0n) is 18.5. The minimum Gasteiger partial charge on any atom is -0.497 e. The number of thioether (sulfide) groups is 1. The quantitative estimate of drug-likeness (QED) is 0.415. The van der Waals surface area contributed by atoms with Crippen LogP contribution in [0.5, 0.6) is 5.75 Å². The monoisotopic (exact) mass is 447 g/mol. The molecule has 8 heteroatoms. The Morgan fingerprint density at radius 2 is 1.75 bits per heavy atom. The molecule has 0 atom stereocenters. The molecule has 7 nitrogen and oxygen atoms in total. The van der Waals surface area contributed by atoms with Gasteiger partial charge in [0.05, 0.1) is 18.6 Å². The van der Waals surface area contributed by atoms with E-state index in [4.69, 9.17) is 4.74 Å². The lowest BCUT2D eigenvalue weighted by molar-refractivity contribution is -0.113. The van der Waals surface area contributed by atoms with E-state index in [-0.39, 0.29) is 11.7 Å². The van der Waals surface area contributed by atoms with Crippen molar-refractivity contribution in [3.63, 3.8) is 0 Å². The van der Waals surface area contributed by atoms with Crippen molar-refractivity contribution in [3.8, 4) is 17.4 Å². The van der Waals surface area contributed by atoms with Gasteiger partial charge >= 0.3 is 0 Å².